The van der Waals surface area contributed by atoms with Crippen molar-refractivity contribution in [2.75, 3.05) is 6.61 Å². The van der Waals surface area contributed by atoms with Crippen molar-refractivity contribution in [3.05, 3.63) is 32.6 Å². The van der Waals surface area contributed by atoms with Crippen molar-refractivity contribution in [2.45, 2.75) is 37.7 Å². The first kappa shape index (κ1) is 15.5. The number of carbonyl (C=O) groups excluding carboxylic acids is 1. The Morgan fingerprint density at radius 1 is 1.52 bits per heavy atom. The van der Waals surface area contributed by atoms with Gasteiger partial charge in [0.15, 0.2) is 0 Å². The molecule has 0 amide bonds. The van der Waals surface area contributed by atoms with Crippen molar-refractivity contribution in [3.8, 4) is 12.3 Å². The van der Waals surface area contributed by atoms with Crippen LogP contribution in [0.15, 0.2) is 15.8 Å². The third-order valence-electron chi connectivity index (χ3n) is 3.94. The molecule has 0 bridgehead atoms. The number of carbonyl (C=O) groups is 1. The molecule has 1 saturated heterocycles. The van der Waals surface area contributed by atoms with Crippen LogP contribution in [0.3, 0.4) is 0 Å². The molecule has 0 unspecified atom stereocenters. The molecule has 2 fully saturated rings. The van der Waals surface area contributed by atoms with Crippen molar-refractivity contribution in [3.63, 3.8) is 0 Å². The van der Waals surface area contributed by atoms with Crippen LogP contribution in [0.2, 0.25) is 0 Å². The summed E-state index contributed by atoms with van der Waals surface area (Å²) in [6, 6.07) is 0. The van der Waals surface area contributed by atoms with Gasteiger partial charge in [0, 0.05) is 12.6 Å². The average Bonchev–Trinajstić information content (AvgIpc) is 3.29. The van der Waals surface area contributed by atoms with E-state index in [1.165, 1.54) is 6.20 Å². The number of H-pyrrole nitrogens is 1. The Bertz CT molecular complexity index is 769. The summed E-state index contributed by atoms with van der Waals surface area (Å²) in [5.74, 6) is 1.85. The lowest BCUT2D eigenvalue weighted by atomic mass is 10.2. The standard InChI is InChI=1S/C15H16N2O6/c1-2-8-6-17(15(21)16-13(8)19)12-5-10(18)11(23-12)7-22-14(20)9-3-4-9/h1,6,9-12,18H,3-5,7H2,(H,16,19,21)/t10-,11+,12+/m0/s1. The zero-order valence-corrected chi connectivity index (χ0v) is 12.2. The first-order chi connectivity index (χ1) is 11.0. The molecule has 23 heavy (non-hydrogen) atoms. The summed E-state index contributed by atoms with van der Waals surface area (Å²) in [6.45, 7) is -0.0763. The maximum Gasteiger partial charge on any atom is 0.330 e. The van der Waals surface area contributed by atoms with Gasteiger partial charge in [-0.2, -0.15) is 0 Å². The van der Waals surface area contributed by atoms with Crippen LogP contribution < -0.4 is 11.2 Å². The summed E-state index contributed by atoms with van der Waals surface area (Å²) in [7, 11) is 0. The van der Waals surface area contributed by atoms with E-state index in [1.807, 2.05) is 0 Å². The van der Waals surface area contributed by atoms with Gasteiger partial charge >= 0.3 is 11.7 Å². The molecule has 1 aliphatic carbocycles. The summed E-state index contributed by atoms with van der Waals surface area (Å²) < 4.78 is 11.8. The number of hydrogen-bond acceptors (Lipinski definition) is 6. The molecule has 3 rings (SSSR count). The van der Waals surface area contributed by atoms with Gasteiger partial charge < -0.3 is 14.6 Å². The minimum absolute atomic E-state index is 0.00805. The van der Waals surface area contributed by atoms with Crippen LogP contribution >= 0.6 is 0 Å². The Balaban J connectivity index is 1.70. The number of rotatable bonds is 4. The summed E-state index contributed by atoms with van der Waals surface area (Å²) in [5.41, 5.74) is -1.34. The summed E-state index contributed by atoms with van der Waals surface area (Å²) in [6.07, 6.45) is 5.81. The third-order valence-corrected chi connectivity index (χ3v) is 3.94. The molecule has 0 spiro atoms. The van der Waals surface area contributed by atoms with E-state index >= 15 is 0 Å². The first-order valence-corrected chi connectivity index (χ1v) is 7.32. The molecule has 0 aromatic carbocycles. The van der Waals surface area contributed by atoms with Gasteiger partial charge in [0.25, 0.3) is 5.56 Å². The Hall–Kier alpha value is -2.37. The van der Waals surface area contributed by atoms with Crippen LogP contribution in [0.1, 0.15) is 31.1 Å². The molecule has 8 nitrogen and oxygen atoms in total. The topological polar surface area (TPSA) is 111 Å². The largest absolute Gasteiger partial charge is 0.463 e. The van der Waals surface area contributed by atoms with E-state index in [2.05, 4.69) is 10.9 Å². The fourth-order valence-electron chi connectivity index (χ4n) is 2.44. The highest BCUT2D eigenvalue weighted by molar-refractivity contribution is 5.74. The highest BCUT2D eigenvalue weighted by Gasteiger charge is 2.38. The minimum Gasteiger partial charge on any atom is -0.463 e. The molecule has 122 valence electrons. The number of nitrogens with zero attached hydrogens (tertiary/aromatic N) is 1. The Labute approximate surface area is 131 Å². The smallest absolute Gasteiger partial charge is 0.330 e. The number of esters is 1. The molecule has 3 atom stereocenters. The molecule has 1 aromatic heterocycles. The monoisotopic (exact) mass is 320 g/mol. The Kier molecular flexibility index (Phi) is 4.07. The van der Waals surface area contributed by atoms with E-state index in [0.29, 0.717) is 0 Å². The van der Waals surface area contributed by atoms with Crippen LogP contribution in [0.25, 0.3) is 0 Å². The van der Waals surface area contributed by atoms with E-state index in [-0.39, 0.29) is 30.5 Å². The molecule has 2 aliphatic rings. The number of aliphatic hydroxyl groups is 1. The number of nitrogens with one attached hydrogen (secondary N) is 1. The van der Waals surface area contributed by atoms with Gasteiger partial charge in [0.1, 0.15) is 24.5 Å². The van der Waals surface area contributed by atoms with Crippen molar-refractivity contribution in [2.24, 2.45) is 5.92 Å². The van der Waals surface area contributed by atoms with E-state index in [0.717, 1.165) is 17.4 Å². The van der Waals surface area contributed by atoms with Crippen molar-refractivity contribution in [1.82, 2.24) is 9.55 Å². The van der Waals surface area contributed by atoms with Gasteiger partial charge in [0.2, 0.25) is 0 Å². The molecule has 1 saturated carbocycles. The normalized spacial score (nSPS) is 26.7. The number of aromatic nitrogens is 2. The second-order valence-electron chi connectivity index (χ2n) is 5.69. The molecular formula is C15H16N2O6. The molecule has 2 heterocycles. The molecule has 2 N–H and O–H groups in total. The highest BCUT2D eigenvalue weighted by Crippen LogP contribution is 2.31. The zero-order chi connectivity index (χ0) is 16.6. The van der Waals surface area contributed by atoms with Gasteiger partial charge in [0.05, 0.1) is 12.0 Å². The average molecular weight is 320 g/mol. The molecule has 8 heteroatoms. The van der Waals surface area contributed by atoms with E-state index in [4.69, 9.17) is 15.9 Å². The summed E-state index contributed by atoms with van der Waals surface area (Å²) in [4.78, 5) is 36.9. The Morgan fingerprint density at radius 2 is 2.26 bits per heavy atom. The zero-order valence-electron chi connectivity index (χ0n) is 12.2. The van der Waals surface area contributed by atoms with Crippen molar-refractivity contribution < 1.29 is 19.4 Å². The number of aliphatic hydroxyl groups excluding tert-OH is 1. The SMILES string of the molecule is C#Cc1cn([C@H]2C[C@H](O)[C@@H](COC(=O)C3CC3)O2)c(=O)[nH]c1=O. The van der Waals surface area contributed by atoms with E-state index < -0.39 is 29.7 Å². The lowest BCUT2D eigenvalue weighted by molar-refractivity contribution is -0.151. The van der Waals surface area contributed by atoms with E-state index in [9.17, 15) is 19.5 Å². The maximum absolute atomic E-state index is 11.9. The summed E-state index contributed by atoms with van der Waals surface area (Å²) in [5, 5.41) is 10.0. The lowest BCUT2D eigenvalue weighted by Gasteiger charge is -2.16. The molecule has 1 aliphatic heterocycles. The maximum atomic E-state index is 11.9. The number of hydrogen-bond donors (Lipinski definition) is 2. The van der Waals surface area contributed by atoms with Gasteiger partial charge in [-0.25, -0.2) is 4.79 Å². The third kappa shape index (κ3) is 3.21. The number of terminal acetylenes is 1. The second kappa shape index (κ2) is 6.02. The second-order valence-corrected chi connectivity index (χ2v) is 5.69. The van der Waals surface area contributed by atoms with Crippen molar-refractivity contribution >= 4 is 5.97 Å². The van der Waals surface area contributed by atoms with Crippen LogP contribution in [-0.4, -0.2) is 39.4 Å². The van der Waals surface area contributed by atoms with Crippen LogP contribution in [0, 0.1) is 18.3 Å². The molecule has 0 radical (unpaired) electrons. The van der Waals surface area contributed by atoms with Gasteiger partial charge in [-0.15, -0.1) is 6.42 Å². The van der Waals surface area contributed by atoms with E-state index in [1.54, 1.807) is 0 Å². The Morgan fingerprint density at radius 3 is 2.91 bits per heavy atom. The first-order valence-electron chi connectivity index (χ1n) is 7.32. The number of aromatic amines is 1. The fourth-order valence-corrected chi connectivity index (χ4v) is 2.44. The predicted octanol–water partition coefficient (Wildman–Crippen LogP) is -0.880. The molecular weight excluding hydrogens is 304 g/mol. The lowest BCUT2D eigenvalue weighted by Crippen LogP contribution is -2.33. The van der Waals surface area contributed by atoms with Crippen molar-refractivity contribution in [1.29, 1.82) is 0 Å². The highest BCUT2D eigenvalue weighted by atomic mass is 16.6. The quantitative estimate of drug-likeness (QED) is 0.550. The van der Waals surface area contributed by atoms with Crippen LogP contribution in [0.4, 0.5) is 0 Å². The molecule has 1 aromatic rings. The van der Waals surface area contributed by atoms with Crippen LogP contribution in [0.5, 0.6) is 0 Å². The van der Waals surface area contributed by atoms with Crippen LogP contribution in [-0.2, 0) is 14.3 Å². The predicted molar refractivity (Wildman–Crippen MR) is 77.5 cm³/mol. The van der Waals surface area contributed by atoms with Gasteiger partial charge in [-0.05, 0) is 12.8 Å². The van der Waals surface area contributed by atoms with Gasteiger partial charge in [-0.1, -0.05) is 5.92 Å². The minimum atomic E-state index is -0.889. The van der Waals surface area contributed by atoms with Gasteiger partial charge in [-0.3, -0.25) is 19.1 Å². The fraction of sp³-hybridized carbons (Fsp3) is 0.533. The number of ether oxygens (including phenoxy) is 2. The summed E-state index contributed by atoms with van der Waals surface area (Å²) >= 11 is 0.